The van der Waals surface area contributed by atoms with Crippen LogP contribution in [0.2, 0.25) is 0 Å². The van der Waals surface area contributed by atoms with Gasteiger partial charge in [0.25, 0.3) is 5.91 Å². The minimum Gasteiger partial charge on any atom is -0.494 e. The lowest BCUT2D eigenvalue weighted by Crippen LogP contribution is -2.13. The zero-order chi connectivity index (χ0) is 14.5. The van der Waals surface area contributed by atoms with Crippen molar-refractivity contribution in [1.82, 2.24) is 0 Å². The number of benzene rings is 2. The molecule has 20 heavy (non-hydrogen) atoms. The van der Waals surface area contributed by atoms with Crippen LogP contribution in [0.4, 0.5) is 10.1 Å². The van der Waals surface area contributed by atoms with Crippen LogP contribution in [-0.2, 0) is 0 Å². The quantitative estimate of drug-likeness (QED) is 0.906. The molecule has 2 aromatic carbocycles. The van der Waals surface area contributed by atoms with Gasteiger partial charge in [-0.05, 0) is 49.4 Å². The Morgan fingerprint density at radius 2 is 1.95 bits per heavy atom. The van der Waals surface area contributed by atoms with E-state index in [-0.39, 0.29) is 5.56 Å². The molecule has 0 bridgehead atoms. The summed E-state index contributed by atoms with van der Waals surface area (Å²) < 4.78 is 19.6. The highest BCUT2D eigenvalue weighted by atomic mass is 79.9. The first kappa shape index (κ1) is 14.5. The van der Waals surface area contributed by atoms with E-state index in [2.05, 4.69) is 21.2 Å². The third-order valence-electron chi connectivity index (χ3n) is 2.60. The van der Waals surface area contributed by atoms with Crippen molar-refractivity contribution in [3.63, 3.8) is 0 Å². The Kier molecular flexibility index (Phi) is 4.74. The van der Waals surface area contributed by atoms with Crippen LogP contribution >= 0.6 is 15.9 Å². The van der Waals surface area contributed by atoms with E-state index < -0.39 is 11.7 Å². The van der Waals surface area contributed by atoms with E-state index in [9.17, 15) is 9.18 Å². The summed E-state index contributed by atoms with van der Waals surface area (Å²) in [6, 6.07) is 11.2. The molecule has 0 heterocycles. The molecule has 0 aromatic heterocycles. The van der Waals surface area contributed by atoms with Crippen LogP contribution in [0.25, 0.3) is 0 Å². The first-order chi connectivity index (χ1) is 9.60. The maximum atomic E-state index is 13.7. The number of halogens is 2. The molecule has 1 N–H and O–H groups in total. The maximum absolute atomic E-state index is 13.7. The highest BCUT2D eigenvalue weighted by Crippen LogP contribution is 2.19. The number of amides is 1. The Bertz CT molecular complexity index is 614. The third-order valence-corrected chi connectivity index (χ3v) is 3.09. The fourth-order valence-corrected chi connectivity index (χ4v) is 2.01. The van der Waals surface area contributed by atoms with Crippen LogP contribution in [0, 0.1) is 5.82 Å². The highest BCUT2D eigenvalue weighted by molar-refractivity contribution is 9.10. The molecule has 1 amide bonds. The molecule has 3 nitrogen and oxygen atoms in total. The molecule has 0 aliphatic rings. The molecule has 0 atom stereocenters. The molecule has 0 radical (unpaired) electrons. The van der Waals surface area contributed by atoms with Gasteiger partial charge in [-0.1, -0.05) is 15.9 Å². The van der Waals surface area contributed by atoms with E-state index in [0.29, 0.717) is 16.8 Å². The van der Waals surface area contributed by atoms with Gasteiger partial charge in [0.2, 0.25) is 0 Å². The van der Waals surface area contributed by atoms with Crippen molar-refractivity contribution in [2.75, 3.05) is 11.9 Å². The van der Waals surface area contributed by atoms with E-state index in [0.717, 1.165) is 5.75 Å². The summed E-state index contributed by atoms with van der Waals surface area (Å²) in [7, 11) is 0. The molecule has 0 spiro atoms. The minimum atomic E-state index is -0.567. The molecule has 2 rings (SSSR count). The number of ether oxygens (including phenoxy) is 1. The lowest BCUT2D eigenvalue weighted by atomic mass is 10.2. The van der Waals surface area contributed by atoms with Gasteiger partial charge >= 0.3 is 0 Å². The number of carbonyl (C=O) groups is 1. The number of nitrogens with one attached hydrogen (secondary N) is 1. The van der Waals surface area contributed by atoms with E-state index >= 15 is 0 Å². The predicted molar refractivity (Wildman–Crippen MR) is 79.7 cm³/mol. The van der Waals surface area contributed by atoms with Crippen LogP contribution in [0.1, 0.15) is 17.3 Å². The van der Waals surface area contributed by atoms with Gasteiger partial charge in [-0.3, -0.25) is 4.79 Å². The molecule has 0 unspecified atom stereocenters. The standard InChI is InChI=1S/C15H13BrFNO2/c1-2-20-12-6-4-11(5-7-12)18-15(19)13-8-3-10(16)9-14(13)17/h3-9H,2H2,1H3,(H,18,19). The summed E-state index contributed by atoms with van der Waals surface area (Å²) in [4.78, 5) is 12.0. The van der Waals surface area contributed by atoms with E-state index in [4.69, 9.17) is 4.74 Å². The highest BCUT2D eigenvalue weighted by Gasteiger charge is 2.12. The largest absolute Gasteiger partial charge is 0.494 e. The van der Waals surface area contributed by atoms with Gasteiger partial charge in [0.15, 0.2) is 0 Å². The number of rotatable bonds is 4. The molecule has 0 saturated heterocycles. The lowest BCUT2D eigenvalue weighted by molar-refractivity contribution is 0.102. The Labute approximate surface area is 124 Å². The molecule has 2 aromatic rings. The number of carbonyl (C=O) groups excluding carboxylic acids is 1. The molecule has 0 saturated carbocycles. The summed E-state index contributed by atoms with van der Waals surface area (Å²) in [5.74, 6) is -0.331. The van der Waals surface area contributed by atoms with Crippen molar-refractivity contribution >= 4 is 27.5 Å². The van der Waals surface area contributed by atoms with Gasteiger partial charge in [0.05, 0.1) is 12.2 Å². The lowest BCUT2D eigenvalue weighted by Gasteiger charge is -2.08. The fourth-order valence-electron chi connectivity index (χ4n) is 1.67. The van der Waals surface area contributed by atoms with Gasteiger partial charge in [0, 0.05) is 10.2 Å². The van der Waals surface area contributed by atoms with Gasteiger partial charge in [-0.15, -0.1) is 0 Å². The molecular formula is C15H13BrFNO2. The van der Waals surface area contributed by atoms with Crippen molar-refractivity contribution < 1.29 is 13.9 Å². The third kappa shape index (κ3) is 3.57. The number of hydrogen-bond donors (Lipinski definition) is 1. The van der Waals surface area contributed by atoms with Crippen molar-refractivity contribution in [3.05, 3.63) is 58.3 Å². The van der Waals surface area contributed by atoms with Crippen LogP contribution in [0.15, 0.2) is 46.9 Å². The average Bonchev–Trinajstić information content (AvgIpc) is 2.41. The monoisotopic (exact) mass is 337 g/mol. The summed E-state index contributed by atoms with van der Waals surface area (Å²) in [6.45, 7) is 2.47. The minimum absolute atomic E-state index is 0.00193. The Balaban J connectivity index is 2.11. The van der Waals surface area contributed by atoms with Crippen LogP contribution < -0.4 is 10.1 Å². The predicted octanol–water partition coefficient (Wildman–Crippen LogP) is 4.24. The van der Waals surface area contributed by atoms with Crippen molar-refractivity contribution in [2.45, 2.75) is 6.92 Å². The van der Waals surface area contributed by atoms with E-state index in [1.165, 1.54) is 12.1 Å². The molecule has 0 fully saturated rings. The average molecular weight is 338 g/mol. The van der Waals surface area contributed by atoms with Gasteiger partial charge in [0.1, 0.15) is 11.6 Å². The van der Waals surface area contributed by atoms with Crippen LogP contribution in [0.3, 0.4) is 0 Å². The zero-order valence-electron chi connectivity index (χ0n) is 10.8. The number of anilines is 1. The van der Waals surface area contributed by atoms with Gasteiger partial charge in [-0.2, -0.15) is 0 Å². The fraction of sp³-hybridized carbons (Fsp3) is 0.133. The zero-order valence-corrected chi connectivity index (χ0v) is 12.4. The van der Waals surface area contributed by atoms with Crippen molar-refractivity contribution in [1.29, 1.82) is 0 Å². The maximum Gasteiger partial charge on any atom is 0.258 e. The smallest absolute Gasteiger partial charge is 0.258 e. The molecule has 5 heteroatoms. The Hall–Kier alpha value is -1.88. The van der Waals surface area contributed by atoms with Crippen LogP contribution in [0.5, 0.6) is 5.75 Å². The first-order valence-corrected chi connectivity index (χ1v) is 6.88. The summed E-state index contributed by atoms with van der Waals surface area (Å²) in [5.41, 5.74) is 0.586. The summed E-state index contributed by atoms with van der Waals surface area (Å²) >= 11 is 3.15. The molecule has 104 valence electrons. The number of hydrogen-bond acceptors (Lipinski definition) is 2. The summed E-state index contributed by atoms with van der Waals surface area (Å²) in [6.07, 6.45) is 0. The Morgan fingerprint density at radius 1 is 1.25 bits per heavy atom. The molecular weight excluding hydrogens is 325 g/mol. The van der Waals surface area contributed by atoms with Gasteiger partial charge in [-0.25, -0.2) is 4.39 Å². The van der Waals surface area contributed by atoms with E-state index in [1.54, 1.807) is 30.3 Å². The topological polar surface area (TPSA) is 38.3 Å². The van der Waals surface area contributed by atoms with Crippen molar-refractivity contribution in [3.8, 4) is 5.75 Å². The molecule has 0 aliphatic heterocycles. The second-order valence-corrected chi connectivity index (χ2v) is 4.95. The second-order valence-electron chi connectivity index (χ2n) is 4.04. The second kappa shape index (κ2) is 6.52. The van der Waals surface area contributed by atoms with Gasteiger partial charge < -0.3 is 10.1 Å². The van der Waals surface area contributed by atoms with Crippen molar-refractivity contribution in [2.24, 2.45) is 0 Å². The SMILES string of the molecule is CCOc1ccc(NC(=O)c2ccc(Br)cc2F)cc1. The molecule has 0 aliphatic carbocycles. The Morgan fingerprint density at radius 3 is 2.55 bits per heavy atom. The summed E-state index contributed by atoms with van der Waals surface area (Å²) in [5, 5.41) is 2.64. The van der Waals surface area contributed by atoms with Crippen LogP contribution in [-0.4, -0.2) is 12.5 Å². The normalized spacial score (nSPS) is 10.2. The van der Waals surface area contributed by atoms with E-state index in [1.807, 2.05) is 6.92 Å². The first-order valence-electron chi connectivity index (χ1n) is 6.09.